The second-order valence-electron chi connectivity index (χ2n) is 20.4. The number of aliphatic hydroxyl groups excluding tert-OH is 3. The predicted molar refractivity (Wildman–Crippen MR) is 296 cm³/mol. The van der Waals surface area contributed by atoms with Crippen LogP contribution >= 0.6 is 0 Å². The quantitative estimate of drug-likeness (QED) is 0.0301. The molecule has 4 aliphatic rings. The minimum Gasteiger partial charge on any atom is -0.494 e. The number of ether oxygens (including phenoxy) is 2. The SMILES string of the molecule is CCOc1ccc2c(c1)CC(NCCCCO)C(=O)N2c1cccc(CN2C(=O)[C@@](O)([C@@H](C)/C=C/CC(=O)N3Cc4ccccc4C[C@H]3CO)c3cc(N4C(=O)C(NCCCCO)Cc5cc(OCC)ccc54)ccc32)c1. The minimum atomic E-state index is -2.17. The maximum atomic E-state index is 15.3. The number of hydrogen-bond acceptors (Lipinski definition) is 12. The number of carbonyl (C=O) groups excluding carboxylic acids is 4. The average molecular weight is 1050 g/mol. The molecular formula is C61H72N6O10. The van der Waals surface area contributed by atoms with E-state index in [0.717, 1.165) is 27.9 Å². The molecule has 0 saturated carbocycles. The van der Waals surface area contributed by atoms with Crippen molar-refractivity contribution in [3.8, 4) is 11.5 Å². The van der Waals surface area contributed by atoms with Crippen LogP contribution in [-0.2, 0) is 57.1 Å². The third kappa shape index (κ3) is 11.4. The summed E-state index contributed by atoms with van der Waals surface area (Å²) in [6.45, 7) is 7.86. The molecule has 16 nitrogen and oxygen atoms in total. The Morgan fingerprint density at radius 2 is 1.27 bits per heavy atom. The van der Waals surface area contributed by atoms with Crippen LogP contribution in [0.15, 0.2) is 115 Å². The Hall–Kier alpha value is -6.92. The average Bonchev–Trinajstić information content (AvgIpc) is 3.71. The van der Waals surface area contributed by atoms with Crippen molar-refractivity contribution in [3.63, 3.8) is 0 Å². The molecule has 0 radical (unpaired) electrons. The van der Waals surface area contributed by atoms with E-state index in [1.54, 1.807) is 56.9 Å². The van der Waals surface area contributed by atoms with E-state index in [1.165, 1.54) is 0 Å². The second kappa shape index (κ2) is 24.6. The van der Waals surface area contributed by atoms with Gasteiger partial charge in [-0.2, -0.15) is 0 Å². The maximum Gasteiger partial charge on any atom is 0.264 e. The molecule has 0 saturated heterocycles. The number of fused-ring (bicyclic) bond motifs is 4. The van der Waals surface area contributed by atoms with Crippen molar-refractivity contribution in [2.45, 2.75) is 109 Å². The molecule has 5 aromatic rings. The Kier molecular flexibility index (Phi) is 17.5. The fourth-order valence-corrected chi connectivity index (χ4v) is 11.3. The number of carbonyl (C=O) groups is 4. The smallest absolute Gasteiger partial charge is 0.264 e. The molecule has 5 aromatic carbocycles. The van der Waals surface area contributed by atoms with Crippen LogP contribution in [-0.4, -0.2) is 113 Å². The largest absolute Gasteiger partial charge is 0.494 e. The number of nitrogens with zero attached hydrogens (tertiary/aromatic N) is 4. The van der Waals surface area contributed by atoms with Gasteiger partial charge in [0.1, 0.15) is 11.5 Å². The third-order valence-corrected chi connectivity index (χ3v) is 15.3. The highest BCUT2D eigenvalue weighted by Crippen LogP contribution is 2.49. The van der Waals surface area contributed by atoms with Gasteiger partial charge in [0.05, 0.1) is 61.6 Å². The van der Waals surface area contributed by atoms with Gasteiger partial charge < -0.3 is 50.3 Å². The molecule has 9 rings (SSSR count). The van der Waals surface area contributed by atoms with Gasteiger partial charge in [0, 0.05) is 49.0 Å². The number of benzene rings is 5. The summed E-state index contributed by atoms with van der Waals surface area (Å²) >= 11 is 0. The summed E-state index contributed by atoms with van der Waals surface area (Å²) in [5.41, 5.74) is 5.55. The number of anilines is 5. The first-order valence-corrected chi connectivity index (χ1v) is 27.2. The zero-order chi connectivity index (χ0) is 54.2. The van der Waals surface area contributed by atoms with Crippen molar-refractivity contribution in [3.05, 3.63) is 149 Å². The Labute approximate surface area is 450 Å². The number of rotatable bonds is 23. The summed E-state index contributed by atoms with van der Waals surface area (Å²) in [4.78, 5) is 65.0. The van der Waals surface area contributed by atoms with Crippen LogP contribution in [0.25, 0.3) is 0 Å². The van der Waals surface area contributed by atoms with Crippen molar-refractivity contribution in [1.82, 2.24) is 15.5 Å². The van der Waals surface area contributed by atoms with Gasteiger partial charge in [-0.1, -0.05) is 55.5 Å². The summed E-state index contributed by atoms with van der Waals surface area (Å²) in [5, 5.41) is 49.2. The molecule has 77 heavy (non-hydrogen) atoms. The van der Waals surface area contributed by atoms with E-state index in [-0.39, 0.29) is 62.1 Å². The number of amides is 4. The molecule has 2 unspecified atom stereocenters. The maximum absolute atomic E-state index is 15.3. The lowest BCUT2D eigenvalue weighted by Gasteiger charge is -2.36. The Morgan fingerprint density at radius 1 is 0.688 bits per heavy atom. The van der Waals surface area contributed by atoms with Gasteiger partial charge in [-0.05, 0) is 166 Å². The number of hydrogen-bond donors (Lipinski definition) is 6. The molecule has 0 bridgehead atoms. The molecule has 6 N–H and O–H groups in total. The summed E-state index contributed by atoms with van der Waals surface area (Å²) in [5.74, 6) is -0.673. The Balaban J connectivity index is 1.07. The summed E-state index contributed by atoms with van der Waals surface area (Å²) < 4.78 is 11.7. The number of unbranched alkanes of at least 4 members (excludes halogenated alkanes) is 2. The molecule has 0 aromatic heterocycles. The molecular weight excluding hydrogens is 977 g/mol. The molecule has 0 spiro atoms. The Bertz CT molecular complexity index is 2980. The van der Waals surface area contributed by atoms with Gasteiger partial charge in [-0.15, -0.1) is 0 Å². The van der Waals surface area contributed by atoms with Gasteiger partial charge in [0.2, 0.25) is 17.7 Å². The third-order valence-electron chi connectivity index (χ3n) is 15.3. The van der Waals surface area contributed by atoms with Crippen LogP contribution in [0.1, 0.15) is 86.3 Å². The number of nitrogens with one attached hydrogen (secondary N) is 2. The fraction of sp³-hybridized carbons (Fsp3) is 0.410. The van der Waals surface area contributed by atoms with Crippen molar-refractivity contribution in [2.75, 3.05) is 60.8 Å². The van der Waals surface area contributed by atoms with Crippen LogP contribution in [0, 0.1) is 5.92 Å². The molecule has 5 atom stereocenters. The monoisotopic (exact) mass is 1050 g/mol. The first-order chi connectivity index (χ1) is 37.4. The molecule has 4 aliphatic heterocycles. The Morgan fingerprint density at radius 3 is 1.86 bits per heavy atom. The van der Waals surface area contributed by atoms with Crippen LogP contribution in [0.5, 0.6) is 11.5 Å². The van der Waals surface area contributed by atoms with Crippen molar-refractivity contribution in [1.29, 1.82) is 0 Å². The van der Waals surface area contributed by atoms with Crippen LogP contribution in [0.4, 0.5) is 28.4 Å². The minimum absolute atomic E-state index is 0.0156. The van der Waals surface area contributed by atoms with Gasteiger partial charge in [0.25, 0.3) is 5.91 Å². The van der Waals surface area contributed by atoms with E-state index >= 15 is 4.79 Å². The molecule has 4 amide bonds. The molecule has 4 heterocycles. The predicted octanol–water partition coefficient (Wildman–Crippen LogP) is 6.65. The summed E-state index contributed by atoms with van der Waals surface area (Å²) in [6.07, 6.45) is 7.29. The highest BCUT2D eigenvalue weighted by molar-refractivity contribution is 6.10. The zero-order valence-electron chi connectivity index (χ0n) is 44.3. The molecule has 406 valence electrons. The van der Waals surface area contributed by atoms with Crippen LogP contribution in [0.3, 0.4) is 0 Å². The van der Waals surface area contributed by atoms with Gasteiger partial charge in [-0.25, -0.2) is 0 Å². The van der Waals surface area contributed by atoms with Crippen LogP contribution < -0.4 is 34.8 Å². The van der Waals surface area contributed by atoms with E-state index < -0.39 is 29.5 Å². The lowest BCUT2D eigenvalue weighted by Crippen LogP contribution is -2.49. The molecule has 0 fully saturated rings. The van der Waals surface area contributed by atoms with E-state index in [4.69, 9.17) is 9.47 Å². The van der Waals surface area contributed by atoms with Crippen molar-refractivity contribution >= 4 is 52.1 Å². The first kappa shape index (κ1) is 54.9. The van der Waals surface area contributed by atoms with Gasteiger partial charge >= 0.3 is 0 Å². The summed E-state index contributed by atoms with van der Waals surface area (Å²) in [6, 6.07) is 30.4. The molecule has 16 heteroatoms. The van der Waals surface area contributed by atoms with Gasteiger partial charge in [0.15, 0.2) is 5.60 Å². The lowest BCUT2D eigenvalue weighted by atomic mass is 9.82. The summed E-state index contributed by atoms with van der Waals surface area (Å²) in [7, 11) is 0. The molecule has 0 aliphatic carbocycles. The number of aliphatic hydroxyl groups is 4. The van der Waals surface area contributed by atoms with Gasteiger partial charge in [-0.3, -0.25) is 29.0 Å². The van der Waals surface area contributed by atoms with E-state index in [2.05, 4.69) is 10.6 Å². The van der Waals surface area contributed by atoms with Crippen LogP contribution in [0.2, 0.25) is 0 Å². The van der Waals surface area contributed by atoms with Crippen molar-refractivity contribution in [2.24, 2.45) is 5.92 Å². The normalized spacial score (nSPS) is 20.3. The zero-order valence-corrected chi connectivity index (χ0v) is 44.3. The standard InChI is InChI=1S/C61H72N6O10/c1-4-76-49-21-24-54-44(32-49)34-52(62-26-8-10-28-68)58(72)66(54)46-18-13-15-41(30-46)37-65-56-23-20-47(67-55-25-22-50(77-5-2)33-45(55)35-53(59(67)73)63-27-9-11-29-69)36-51(56)61(75,60(65)74)40(3)14-12-19-57(71)64-38-43-17-7-6-16-42(43)31-48(64)39-70/h6-7,12-18,20-25,30,32-33,36,40,48,52-53,62-63,68-70,75H,4-5,8-11,19,26-29,31,34-35,37-39H2,1-3H3/b14-12+/t40-,48-,52?,53?,61+/m0/s1. The van der Waals surface area contributed by atoms with E-state index in [0.29, 0.717) is 118 Å². The lowest BCUT2D eigenvalue weighted by molar-refractivity contribution is -0.139. The van der Waals surface area contributed by atoms with Crippen molar-refractivity contribution < 1.29 is 49.1 Å². The first-order valence-electron chi connectivity index (χ1n) is 27.2. The second-order valence-corrected chi connectivity index (χ2v) is 20.4. The highest BCUT2D eigenvalue weighted by atomic mass is 16.5. The fourth-order valence-electron chi connectivity index (χ4n) is 11.3. The highest BCUT2D eigenvalue weighted by Gasteiger charge is 2.53. The topological polar surface area (TPSA) is 205 Å². The van der Waals surface area contributed by atoms with E-state index in [9.17, 15) is 34.8 Å². The van der Waals surface area contributed by atoms with E-state index in [1.807, 2.05) is 98.8 Å².